The van der Waals surface area contributed by atoms with Crippen LogP contribution < -0.4 is 5.73 Å². The minimum Gasteiger partial charge on any atom is -0.383 e. The molecule has 12 heteroatoms. The molecule has 0 radical (unpaired) electrons. The summed E-state index contributed by atoms with van der Waals surface area (Å²) in [4.78, 5) is 10.6. The summed E-state index contributed by atoms with van der Waals surface area (Å²) in [6.45, 7) is 0. The van der Waals surface area contributed by atoms with Crippen LogP contribution in [0.1, 0.15) is 16.1 Å². The van der Waals surface area contributed by atoms with E-state index in [1.807, 2.05) is 0 Å². The summed E-state index contributed by atoms with van der Waals surface area (Å²) < 4.78 is 64.0. The number of carbonyl (C=O) groups excluding carboxylic acids is 1. The number of nitrogens with zero attached hydrogens (tertiary/aromatic N) is 2. The highest BCUT2D eigenvalue weighted by molar-refractivity contribution is 7.99. The number of thioether (sulfide) groups is 1. The number of anilines is 1. The first-order valence-electron chi connectivity index (χ1n) is 5.91. The van der Waals surface area contributed by atoms with Crippen molar-refractivity contribution in [2.24, 2.45) is 0 Å². The van der Waals surface area contributed by atoms with E-state index in [0.29, 0.717) is 12.1 Å². The van der Waals surface area contributed by atoms with E-state index in [-0.39, 0.29) is 28.6 Å². The van der Waals surface area contributed by atoms with Gasteiger partial charge in [-0.25, -0.2) is 4.68 Å². The van der Waals surface area contributed by atoms with Gasteiger partial charge >= 0.3 is 6.18 Å². The molecule has 2 rings (SSSR count). The second-order valence-corrected chi connectivity index (χ2v) is 6.11. The van der Waals surface area contributed by atoms with Gasteiger partial charge in [-0.3, -0.25) is 4.79 Å². The Balaban J connectivity index is 2.65. The van der Waals surface area contributed by atoms with E-state index in [0.717, 1.165) is 4.68 Å². The van der Waals surface area contributed by atoms with Crippen molar-refractivity contribution in [3.8, 4) is 5.69 Å². The third kappa shape index (κ3) is 3.60. The van der Waals surface area contributed by atoms with Crippen molar-refractivity contribution in [3.63, 3.8) is 0 Å². The van der Waals surface area contributed by atoms with E-state index in [2.05, 4.69) is 5.10 Å². The Bertz CT molecular complexity index is 771. The highest BCUT2D eigenvalue weighted by Crippen LogP contribution is 2.40. The van der Waals surface area contributed by atoms with Gasteiger partial charge in [0, 0.05) is 0 Å². The molecule has 2 aromatic rings. The molecule has 1 aromatic heterocycles. The average Bonchev–Trinajstić information content (AvgIpc) is 2.74. The van der Waals surface area contributed by atoms with Crippen LogP contribution in [0.15, 0.2) is 17.0 Å². The maximum absolute atomic E-state index is 12.7. The maximum Gasteiger partial charge on any atom is 0.416 e. The fourth-order valence-corrected chi connectivity index (χ4v) is 3.07. The molecule has 0 bridgehead atoms. The molecule has 130 valence electrons. The van der Waals surface area contributed by atoms with Crippen molar-refractivity contribution >= 4 is 47.1 Å². The van der Waals surface area contributed by atoms with Gasteiger partial charge in [0.25, 0.3) is 5.76 Å². The smallest absolute Gasteiger partial charge is 0.383 e. The number of nitrogens with two attached hydrogens (primary N) is 1. The Labute approximate surface area is 145 Å². The Morgan fingerprint density at radius 1 is 1.25 bits per heavy atom. The lowest BCUT2D eigenvalue weighted by Gasteiger charge is -2.13. The van der Waals surface area contributed by atoms with Crippen molar-refractivity contribution in [1.82, 2.24) is 9.78 Å². The van der Waals surface area contributed by atoms with Crippen molar-refractivity contribution < 1.29 is 26.7 Å². The summed E-state index contributed by atoms with van der Waals surface area (Å²) in [5.74, 6) is -3.28. The molecule has 0 aliphatic carbocycles. The van der Waals surface area contributed by atoms with Crippen LogP contribution in [0.25, 0.3) is 5.69 Å². The molecule has 1 aromatic carbocycles. The monoisotopic (exact) mass is 405 g/mol. The SMILES string of the molecule is Nc1c(SC(F)F)c(C=O)nn1-c1c(Cl)cc(C(F)(F)F)cc1Cl. The molecule has 24 heavy (non-hydrogen) atoms. The van der Waals surface area contributed by atoms with Gasteiger partial charge in [0.1, 0.15) is 17.2 Å². The van der Waals surface area contributed by atoms with Crippen molar-refractivity contribution in [2.75, 3.05) is 5.73 Å². The molecule has 0 spiro atoms. The summed E-state index contributed by atoms with van der Waals surface area (Å²) in [6, 6.07) is 1.18. The Morgan fingerprint density at radius 3 is 2.21 bits per heavy atom. The van der Waals surface area contributed by atoms with E-state index in [1.54, 1.807) is 0 Å². The lowest BCUT2D eigenvalue weighted by molar-refractivity contribution is -0.137. The number of alkyl halides is 5. The molecule has 0 unspecified atom stereocenters. The fraction of sp³-hybridized carbons (Fsp3) is 0.167. The number of benzene rings is 1. The first-order valence-corrected chi connectivity index (χ1v) is 7.55. The van der Waals surface area contributed by atoms with Crippen molar-refractivity contribution in [2.45, 2.75) is 16.8 Å². The molecule has 0 atom stereocenters. The normalized spacial score (nSPS) is 12.0. The van der Waals surface area contributed by atoms with Crippen molar-refractivity contribution in [1.29, 1.82) is 0 Å². The van der Waals surface area contributed by atoms with Gasteiger partial charge in [-0.05, 0) is 23.9 Å². The van der Waals surface area contributed by atoms with E-state index >= 15 is 0 Å². The number of aromatic nitrogens is 2. The van der Waals surface area contributed by atoms with Crippen LogP contribution in [0.3, 0.4) is 0 Å². The minimum atomic E-state index is -4.69. The predicted octanol–water partition coefficient (Wildman–Crippen LogP) is 4.91. The summed E-state index contributed by atoms with van der Waals surface area (Å²) in [6.07, 6.45) is -4.50. The van der Waals surface area contributed by atoms with Crippen LogP contribution in [-0.2, 0) is 6.18 Å². The highest BCUT2D eigenvalue weighted by Gasteiger charge is 2.33. The largest absolute Gasteiger partial charge is 0.416 e. The minimum absolute atomic E-state index is 0.0282. The summed E-state index contributed by atoms with van der Waals surface area (Å²) in [5, 5.41) is 2.76. The predicted molar refractivity (Wildman–Crippen MR) is 80.2 cm³/mol. The Kier molecular flexibility index (Phi) is 5.31. The Morgan fingerprint density at radius 2 is 1.79 bits per heavy atom. The Hall–Kier alpha value is -1.52. The highest BCUT2D eigenvalue weighted by atomic mass is 35.5. The molecular formula is C12H6Cl2F5N3OS. The van der Waals surface area contributed by atoms with Crippen molar-refractivity contribution in [3.05, 3.63) is 33.4 Å². The number of rotatable bonds is 4. The van der Waals surface area contributed by atoms with Gasteiger partial charge in [0.05, 0.1) is 20.5 Å². The number of carbonyl (C=O) groups is 1. The molecule has 0 fully saturated rings. The zero-order chi connectivity index (χ0) is 18.2. The molecule has 2 N–H and O–H groups in total. The van der Waals surface area contributed by atoms with Gasteiger partial charge in [-0.2, -0.15) is 27.1 Å². The standard InChI is InChI=1S/C12H6Cl2F5N3OS/c13-5-1-4(12(17,18)19)2-6(14)8(5)22-10(20)9(24-11(15)16)7(3-23)21-22/h1-3,11H,20H2. The van der Waals surface area contributed by atoms with Crippen LogP contribution in [-0.4, -0.2) is 21.8 Å². The van der Waals surface area contributed by atoms with Crippen LogP contribution in [0, 0.1) is 0 Å². The molecular weight excluding hydrogens is 400 g/mol. The lowest BCUT2D eigenvalue weighted by Crippen LogP contribution is -2.08. The zero-order valence-electron chi connectivity index (χ0n) is 11.2. The van der Waals surface area contributed by atoms with Gasteiger partial charge in [-0.15, -0.1) is 0 Å². The number of hydrogen-bond donors (Lipinski definition) is 1. The lowest BCUT2D eigenvalue weighted by atomic mass is 10.2. The molecule has 0 aliphatic rings. The second-order valence-electron chi connectivity index (χ2n) is 4.29. The first-order chi connectivity index (χ1) is 11.1. The maximum atomic E-state index is 12.7. The summed E-state index contributed by atoms with van der Waals surface area (Å²) in [7, 11) is 0. The quantitative estimate of drug-likeness (QED) is 0.446. The molecule has 0 saturated carbocycles. The summed E-state index contributed by atoms with van der Waals surface area (Å²) >= 11 is 11.6. The third-order valence-electron chi connectivity index (χ3n) is 2.78. The van der Waals surface area contributed by atoms with E-state index < -0.39 is 39.1 Å². The topological polar surface area (TPSA) is 60.9 Å². The van der Waals surface area contributed by atoms with Gasteiger partial charge in [-0.1, -0.05) is 23.2 Å². The molecule has 0 aliphatic heterocycles. The third-order valence-corrected chi connectivity index (χ3v) is 4.18. The average molecular weight is 406 g/mol. The van der Waals surface area contributed by atoms with Crippen LogP contribution in [0.4, 0.5) is 27.8 Å². The fourth-order valence-electron chi connectivity index (χ4n) is 1.82. The number of halogens is 7. The zero-order valence-corrected chi connectivity index (χ0v) is 13.6. The number of hydrogen-bond acceptors (Lipinski definition) is 4. The number of aldehydes is 1. The van der Waals surface area contributed by atoms with Crippen LogP contribution in [0.2, 0.25) is 10.0 Å². The molecule has 1 heterocycles. The first kappa shape index (κ1) is 18.8. The molecule has 0 saturated heterocycles. The van der Waals surface area contributed by atoms with Crippen LogP contribution in [0.5, 0.6) is 0 Å². The van der Waals surface area contributed by atoms with E-state index in [1.165, 1.54) is 0 Å². The van der Waals surface area contributed by atoms with Crippen LogP contribution >= 0.6 is 35.0 Å². The van der Waals surface area contributed by atoms with Gasteiger partial charge in [0.15, 0.2) is 6.29 Å². The van der Waals surface area contributed by atoms with Gasteiger partial charge < -0.3 is 5.73 Å². The van der Waals surface area contributed by atoms with Gasteiger partial charge in [0.2, 0.25) is 0 Å². The summed E-state index contributed by atoms with van der Waals surface area (Å²) in [5.41, 5.74) is 3.89. The molecule has 0 amide bonds. The van der Waals surface area contributed by atoms with E-state index in [9.17, 15) is 26.7 Å². The van der Waals surface area contributed by atoms with E-state index in [4.69, 9.17) is 28.9 Å². The molecule has 4 nitrogen and oxygen atoms in total. The number of nitrogen functional groups attached to an aromatic ring is 1. The second kappa shape index (κ2) is 6.77.